The van der Waals surface area contributed by atoms with E-state index in [9.17, 15) is 4.79 Å². The summed E-state index contributed by atoms with van der Waals surface area (Å²) in [7, 11) is 0. The SMILES string of the molecule is CC(C)Oc1nccnc1N1CCC(NC(=O)NC2CCCCC2)CC1. The molecule has 0 spiro atoms. The second-order valence-corrected chi connectivity index (χ2v) is 7.57. The first kappa shape index (κ1) is 18.7. The Labute approximate surface area is 155 Å². The monoisotopic (exact) mass is 361 g/mol. The summed E-state index contributed by atoms with van der Waals surface area (Å²) in [6, 6.07) is 0.541. The number of anilines is 1. The molecule has 2 aliphatic rings. The number of carbonyl (C=O) groups is 1. The molecule has 1 saturated heterocycles. The van der Waals surface area contributed by atoms with Gasteiger partial charge in [-0.25, -0.2) is 14.8 Å². The van der Waals surface area contributed by atoms with Crippen molar-refractivity contribution in [1.29, 1.82) is 0 Å². The molecule has 1 aromatic heterocycles. The van der Waals surface area contributed by atoms with Gasteiger partial charge in [-0.05, 0) is 39.5 Å². The third-order valence-corrected chi connectivity index (χ3v) is 5.06. The lowest BCUT2D eigenvalue weighted by Crippen LogP contribution is -2.50. The smallest absolute Gasteiger partial charge is 0.315 e. The highest BCUT2D eigenvalue weighted by atomic mass is 16.5. The molecule has 7 heteroatoms. The molecule has 2 fully saturated rings. The molecule has 2 amide bonds. The van der Waals surface area contributed by atoms with E-state index in [1.807, 2.05) is 13.8 Å². The van der Waals surface area contributed by atoms with E-state index >= 15 is 0 Å². The van der Waals surface area contributed by atoms with Crippen molar-refractivity contribution in [2.45, 2.75) is 77.0 Å². The molecule has 7 nitrogen and oxygen atoms in total. The molecule has 0 radical (unpaired) electrons. The zero-order valence-corrected chi connectivity index (χ0v) is 15.9. The molecule has 144 valence electrons. The second kappa shape index (κ2) is 9.05. The first-order valence-corrected chi connectivity index (χ1v) is 9.91. The van der Waals surface area contributed by atoms with Gasteiger partial charge in [-0.2, -0.15) is 0 Å². The molecule has 2 heterocycles. The Hall–Kier alpha value is -2.05. The van der Waals surface area contributed by atoms with Gasteiger partial charge in [0.25, 0.3) is 5.88 Å². The summed E-state index contributed by atoms with van der Waals surface area (Å²) in [4.78, 5) is 23.2. The number of hydrogen-bond acceptors (Lipinski definition) is 5. The molecule has 1 aliphatic carbocycles. The summed E-state index contributed by atoms with van der Waals surface area (Å²) in [5.74, 6) is 1.38. The van der Waals surface area contributed by atoms with Crippen molar-refractivity contribution in [3.8, 4) is 5.88 Å². The molecule has 1 saturated carbocycles. The van der Waals surface area contributed by atoms with Crippen LogP contribution in [0.2, 0.25) is 0 Å². The summed E-state index contributed by atoms with van der Waals surface area (Å²) >= 11 is 0. The second-order valence-electron chi connectivity index (χ2n) is 7.57. The van der Waals surface area contributed by atoms with Crippen LogP contribution in [-0.2, 0) is 0 Å². The number of amides is 2. The van der Waals surface area contributed by atoms with E-state index in [4.69, 9.17) is 4.74 Å². The van der Waals surface area contributed by atoms with E-state index in [0.717, 1.165) is 44.6 Å². The molecule has 0 atom stereocenters. The van der Waals surface area contributed by atoms with Gasteiger partial charge in [0.05, 0.1) is 6.10 Å². The van der Waals surface area contributed by atoms with Crippen LogP contribution in [0.5, 0.6) is 5.88 Å². The number of nitrogens with one attached hydrogen (secondary N) is 2. The molecule has 0 bridgehead atoms. The number of ether oxygens (including phenoxy) is 1. The molecule has 3 rings (SSSR count). The van der Waals surface area contributed by atoms with Crippen molar-refractivity contribution in [3.63, 3.8) is 0 Å². The fourth-order valence-electron chi connectivity index (χ4n) is 3.74. The number of urea groups is 1. The maximum Gasteiger partial charge on any atom is 0.315 e. The average molecular weight is 361 g/mol. The minimum atomic E-state index is -0.0151. The average Bonchev–Trinajstić information content (AvgIpc) is 2.63. The molecule has 2 N–H and O–H groups in total. The predicted octanol–water partition coefficient (Wildman–Crippen LogP) is 2.86. The van der Waals surface area contributed by atoms with E-state index in [2.05, 4.69) is 25.5 Å². The van der Waals surface area contributed by atoms with Gasteiger partial charge in [-0.3, -0.25) is 0 Å². The van der Waals surface area contributed by atoms with Crippen LogP contribution in [0.1, 0.15) is 58.8 Å². The minimum Gasteiger partial charge on any atom is -0.472 e. The van der Waals surface area contributed by atoms with E-state index < -0.39 is 0 Å². The van der Waals surface area contributed by atoms with Gasteiger partial charge in [-0.1, -0.05) is 19.3 Å². The van der Waals surface area contributed by atoms with Crippen molar-refractivity contribution in [2.24, 2.45) is 0 Å². The number of rotatable bonds is 5. The highest BCUT2D eigenvalue weighted by Crippen LogP contribution is 2.26. The van der Waals surface area contributed by atoms with Crippen molar-refractivity contribution in [2.75, 3.05) is 18.0 Å². The molecule has 26 heavy (non-hydrogen) atoms. The van der Waals surface area contributed by atoms with Gasteiger partial charge in [-0.15, -0.1) is 0 Å². The molecule has 1 aliphatic heterocycles. The first-order valence-electron chi connectivity index (χ1n) is 9.91. The fourth-order valence-corrected chi connectivity index (χ4v) is 3.74. The predicted molar refractivity (Wildman–Crippen MR) is 102 cm³/mol. The van der Waals surface area contributed by atoms with E-state index in [0.29, 0.717) is 11.9 Å². The Balaban J connectivity index is 1.47. The zero-order chi connectivity index (χ0) is 18.4. The van der Waals surface area contributed by atoms with E-state index in [1.54, 1.807) is 12.4 Å². The minimum absolute atomic E-state index is 0.0151. The van der Waals surface area contributed by atoms with Gasteiger partial charge >= 0.3 is 6.03 Å². The molecular weight excluding hydrogens is 330 g/mol. The van der Waals surface area contributed by atoms with Crippen molar-refractivity contribution >= 4 is 11.8 Å². The molecule has 1 aromatic rings. The lowest BCUT2D eigenvalue weighted by atomic mass is 9.96. The quantitative estimate of drug-likeness (QED) is 0.843. The lowest BCUT2D eigenvalue weighted by molar-refractivity contribution is 0.225. The van der Waals surface area contributed by atoms with Crippen LogP contribution < -0.4 is 20.3 Å². The van der Waals surface area contributed by atoms with Crippen molar-refractivity contribution < 1.29 is 9.53 Å². The Morgan fingerprint density at radius 2 is 1.65 bits per heavy atom. The maximum atomic E-state index is 12.2. The Morgan fingerprint density at radius 1 is 1.04 bits per heavy atom. The number of nitrogens with zero attached hydrogens (tertiary/aromatic N) is 3. The van der Waals surface area contributed by atoms with Gasteiger partial charge in [0.1, 0.15) is 0 Å². The number of hydrogen-bond donors (Lipinski definition) is 2. The summed E-state index contributed by atoms with van der Waals surface area (Å²) in [6.07, 6.45) is 11.2. The number of carbonyl (C=O) groups excluding carboxylic acids is 1. The van der Waals surface area contributed by atoms with Gasteiger partial charge in [0, 0.05) is 37.6 Å². The Kier molecular flexibility index (Phi) is 6.52. The Bertz CT molecular complexity index is 581. The Morgan fingerprint density at radius 3 is 2.31 bits per heavy atom. The van der Waals surface area contributed by atoms with Crippen LogP contribution in [0.15, 0.2) is 12.4 Å². The largest absolute Gasteiger partial charge is 0.472 e. The number of aromatic nitrogens is 2. The maximum absolute atomic E-state index is 12.2. The standard InChI is InChI=1S/C19H31N5O2/c1-14(2)26-18-17(20-10-11-21-18)24-12-8-16(9-13-24)23-19(25)22-15-6-4-3-5-7-15/h10-11,14-16H,3-9,12-13H2,1-2H3,(H2,22,23,25). The first-order chi connectivity index (χ1) is 12.6. The third-order valence-electron chi connectivity index (χ3n) is 5.06. The van der Waals surface area contributed by atoms with Crippen molar-refractivity contribution in [3.05, 3.63) is 12.4 Å². The van der Waals surface area contributed by atoms with Gasteiger partial charge < -0.3 is 20.3 Å². The van der Waals surface area contributed by atoms with Crippen LogP contribution >= 0.6 is 0 Å². The molecule has 0 aromatic carbocycles. The van der Waals surface area contributed by atoms with E-state index in [-0.39, 0.29) is 18.2 Å². The van der Waals surface area contributed by atoms with Crippen LogP contribution in [0, 0.1) is 0 Å². The van der Waals surface area contributed by atoms with Crippen LogP contribution in [-0.4, -0.2) is 47.3 Å². The van der Waals surface area contributed by atoms with E-state index in [1.165, 1.54) is 19.3 Å². The fraction of sp³-hybridized carbons (Fsp3) is 0.737. The summed E-state index contributed by atoms with van der Waals surface area (Å²) in [5, 5.41) is 6.27. The topological polar surface area (TPSA) is 79.4 Å². The van der Waals surface area contributed by atoms with Crippen LogP contribution in [0.25, 0.3) is 0 Å². The highest BCUT2D eigenvalue weighted by molar-refractivity contribution is 5.74. The summed E-state index contributed by atoms with van der Waals surface area (Å²) in [5.41, 5.74) is 0. The lowest BCUT2D eigenvalue weighted by Gasteiger charge is -2.34. The highest BCUT2D eigenvalue weighted by Gasteiger charge is 2.25. The molecular formula is C19H31N5O2. The zero-order valence-electron chi connectivity index (χ0n) is 15.9. The van der Waals surface area contributed by atoms with Crippen LogP contribution in [0.4, 0.5) is 10.6 Å². The third kappa shape index (κ3) is 5.22. The molecule has 0 unspecified atom stereocenters. The summed E-state index contributed by atoms with van der Waals surface area (Å²) in [6.45, 7) is 5.64. The normalized spacial score (nSPS) is 19.4. The summed E-state index contributed by atoms with van der Waals surface area (Å²) < 4.78 is 5.78. The van der Waals surface area contributed by atoms with Crippen LogP contribution in [0.3, 0.4) is 0 Å². The van der Waals surface area contributed by atoms with Gasteiger partial charge in [0.2, 0.25) is 0 Å². The van der Waals surface area contributed by atoms with Gasteiger partial charge in [0.15, 0.2) is 5.82 Å². The van der Waals surface area contributed by atoms with Crippen molar-refractivity contribution in [1.82, 2.24) is 20.6 Å². The number of piperidine rings is 1.